The summed E-state index contributed by atoms with van der Waals surface area (Å²) in [4.78, 5) is 0. The Morgan fingerprint density at radius 2 is 1.15 bits per heavy atom. The zero-order valence-electron chi connectivity index (χ0n) is 15.8. The van der Waals surface area contributed by atoms with E-state index in [0.29, 0.717) is 5.56 Å². The number of aliphatic hydroxyl groups is 2. The molecule has 0 spiro atoms. The Labute approximate surface area is 155 Å². The van der Waals surface area contributed by atoms with Gasteiger partial charge in [0.1, 0.15) is 11.7 Å². The van der Waals surface area contributed by atoms with Crippen LogP contribution in [0.4, 0.5) is 0 Å². The first kappa shape index (κ1) is 18.4. The summed E-state index contributed by atoms with van der Waals surface area (Å²) in [6.45, 7) is 8.02. The predicted molar refractivity (Wildman–Crippen MR) is 106 cm³/mol. The third-order valence-corrected chi connectivity index (χ3v) is 5.10. The van der Waals surface area contributed by atoms with E-state index in [-0.39, 0.29) is 0 Å². The van der Waals surface area contributed by atoms with Crippen LogP contribution < -0.4 is 0 Å². The van der Waals surface area contributed by atoms with Crippen molar-refractivity contribution in [3.8, 4) is 0 Å². The Hall–Kier alpha value is -2.42. The van der Waals surface area contributed by atoms with E-state index in [2.05, 4.69) is 0 Å². The van der Waals surface area contributed by atoms with Crippen molar-refractivity contribution in [1.82, 2.24) is 0 Å². The minimum Gasteiger partial charge on any atom is -0.385 e. The molecular weight excluding hydrogens is 320 g/mol. The van der Waals surface area contributed by atoms with E-state index in [0.717, 1.165) is 33.4 Å². The average Bonchev–Trinajstić information content (AvgIpc) is 2.61. The van der Waals surface area contributed by atoms with Gasteiger partial charge in [0.2, 0.25) is 0 Å². The van der Waals surface area contributed by atoms with Gasteiger partial charge < -0.3 is 10.2 Å². The molecule has 0 saturated heterocycles. The predicted octanol–water partition coefficient (Wildman–Crippen LogP) is 4.89. The quantitative estimate of drug-likeness (QED) is 0.706. The van der Waals surface area contributed by atoms with Crippen molar-refractivity contribution in [2.45, 2.75) is 39.4 Å². The summed E-state index contributed by atoms with van der Waals surface area (Å²) in [5.74, 6) is 0. The largest absolute Gasteiger partial charge is 0.385 e. The molecule has 3 aromatic rings. The lowest BCUT2D eigenvalue weighted by atomic mass is 9.75. The summed E-state index contributed by atoms with van der Waals surface area (Å²) in [7, 11) is 0. The lowest BCUT2D eigenvalue weighted by Crippen LogP contribution is -2.36. The molecule has 0 unspecified atom stereocenters. The van der Waals surface area contributed by atoms with Crippen molar-refractivity contribution in [3.63, 3.8) is 0 Å². The Morgan fingerprint density at radius 3 is 1.58 bits per heavy atom. The maximum Gasteiger partial charge on any atom is 0.145 e. The number of rotatable bonds is 4. The highest BCUT2D eigenvalue weighted by molar-refractivity contribution is 5.48. The summed E-state index contributed by atoms with van der Waals surface area (Å²) in [6.07, 6.45) is -1.08. The highest BCUT2D eigenvalue weighted by atomic mass is 16.3. The fraction of sp³-hybridized carbons (Fsp3) is 0.250. The molecule has 0 saturated carbocycles. The van der Waals surface area contributed by atoms with Crippen LogP contribution in [0, 0.1) is 27.7 Å². The molecule has 1 atom stereocenters. The van der Waals surface area contributed by atoms with Gasteiger partial charge in [-0.2, -0.15) is 0 Å². The second-order valence-electron chi connectivity index (χ2n) is 7.22. The molecule has 0 fully saturated rings. The van der Waals surface area contributed by atoms with Crippen LogP contribution in [0.1, 0.15) is 45.0 Å². The van der Waals surface area contributed by atoms with E-state index in [4.69, 9.17) is 0 Å². The van der Waals surface area contributed by atoms with Crippen LogP contribution in [0.5, 0.6) is 0 Å². The highest BCUT2D eigenvalue weighted by Gasteiger charge is 2.42. The van der Waals surface area contributed by atoms with Crippen molar-refractivity contribution in [2.24, 2.45) is 0 Å². The molecular formula is C24H26O2. The van der Waals surface area contributed by atoms with Gasteiger partial charge in [0, 0.05) is 0 Å². The maximum atomic E-state index is 12.0. The van der Waals surface area contributed by atoms with Crippen molar-refractivity contribution in [3.05, 3.63) is 106 Å². The maximum absolute atomic E-state index is 12.0. The zero-order chi connectivity index (χ0) is 18.9. The van der Waals surface area contributed by atoms with E-state index >= 15 is 0 Å². The van der Waals surface area contributed by atoms with Gasteiger partial charge in [-0.05, 0) is 55.5 Å². The second kappa shape index (κ2) is 7.06. The summed E-state index contributed by atoms with van der Waals surface area (Å²) in [6, 6.07) is 21.3. The van der Waals surface area contributed by atoms with Crippen molar-refractivity contribution in [2.75, 3.05) is 0 Å². The van der Waals surface area contributed by atoms with Gasteiger partial charge in [0.25, 0.3) is 0 Å². The molecule has 0 radical (unpaired) electrons. The summed E-state index contributed by atoms with van der Waals surface area (Å²) >= 11 is 0. The minimum absolute atomic E-state index is 0.690. The number of hydrogen-bond acceptors (Lipinski definition) is 2. The number of aryl methyl sites for hydroxylation is 4. The molecule has 0 aliphatic rings. The average molecular weight is 346 g/mol. The van der Waals surface area contributed by atoms with Crippen LogP contribution in [0.2, 0.25) is 0 Å². The SMILES string of the molecule is Cc1ccc(C(O)(c2ccc(C)cc2C)[C@H](O)c2ccccc2)c(C)c1. The smallest absolute Gasteiger partial charge is 0.145 e. The molecule has 0 amide bonds. The Balaban J connectivity index is 2.28. The van der Waals surface area contributed by atoms with Gasteiger partial charge in [-0.15, -0.1) is 0 Å². The summed E-state index contributed by atoms with van der Waals surface area (Å²) in [5.41, 5.74) is 4.79. The van der Waals surface area contributed by atoms with Gasteiger partial charge in [-0.25, -0.2) is 0 Å². The van der Waals surface area contributed by atoms with Crippen LogP contribution in [0.25, 0.3) is 0 Å². The molecule has 0 bridgehead atoms. The van der Waals surface area contributed by atoms with Crippen LogP contribution in [0.3, 0.4) is 0 Å². The molecule has 0 aliphatic heterocycles. The molecule has 2 N–H and O–H groups in total. The van der Waals surface area contributed by atoms with Gasteiger partial charge in [-0.3, -0.25) is 0 Å². The molecule has 26 heavy (non-hydrogen) atoms. The zero-order valence-corrected chi connectivity index (χ0v) is 15.8. The third kappa shape index (κ3) is 3.18. The minimum atomic E-state index is -1.53. The molecule has 0 aliphatic carbocycles. The van der Waals surface area contributed by atoms with Crippen LogP contribution >= 0.6 is 0 Å². The molecule has 0 aromatic heterocycles. The Morgan fingerprint density at radius 1 is 0.692 bits per heavy atom. The van der Waals surface area contributed by atoms with E-state index in [1.54, 1.807) is 0 Å². The molecule has 3 aromatic carbocycles. The Kier molecular flexibility index (Phi) is 4.99. The van der Waals surface area contributed by atoms with Gasteiger partial charge in [0.15, 0.2) is 0 Å². The molecule has 2 heteroatoms. The monoisotopic (exact) mass is 346 g/mol. The Bertz CT molecular complexity index is 861. The first-order chi connectivity index (χ1) is 12.3. The third-order valence-electron chi connectivity index (χ3n) is 5.10. The fourth-order valence-corrected chi connectivity index (χ4v) is 3.80. The number of hydrogen-bond donors (Lipinski definition) is 2. The first-order valence-corrected chi connectivity index (χ1v) is 8.95. The van der Waals surface area contributed by atoms with E-state index in [9.17, 15) is 10.2 Å². The molecule has 0 heterocycles. The van der Waals surface area contributed by atoms with Crippen molar-refractivity contribution in [1.29, 1.82) is 0 Å². The highest BCUT2D eigenvalue weighted by Crippen LogP contribution is 2.43. The fourth-order valence-electron chi connectivity index (χ4n) is 3.80. The van der Waals surface area contributed by atoms with Gasteiger partial charge in [0.05, 0.1) is 0 Å². The van der Waals surface area contributed by atoms with Crippen LogP contribution in [0.15, 0.2) is 66.7 Å². The lowest BCUT2D eigenvalue weighted by molar-refractivity contribution is -0.0525. The van der Waals surface area contributed by atoms with E-state index in [1.165, 1.54) is 0 Å². The molecule has 134 valence electrons. The standard InChI is InChI=1S/C24H26O2/c1-16-10-12-21(18(3)14-16)24(26,22-13-11-17(2)15-19(22)4)23(25)20-8-6-5-7-9-20/h5-15,23,25-26H,1-4H3/t23-/m1/s1. The van der Waals surface area contributed by atoms with Crippen molar-refractivity contribution < 1.29 is 10.2 Å². The molecule has 2 nitrogen and oxygen atoms in total. The number of benzene rings is 3. The number of aliphatic hydroxyl groups excluding tert-OH is 1. The van der Waals surface area contributed by atoms with Crippen LogP contribution in [-0.2, 0) is 5.60 Å². The van der Waals surface area contributed by atoms with Gasteiger partial charge in [-0.1, -0.05) is 77.9 Å². The van der Waals surface area contributed by atoms with Crippen molar-refractivity contribution >= 4 is 0 Å². The van der Waals surface area contributed by atoms with E-state index in [1.807, 2.05) is 94.4 Å². The summed E-state index contributed by atoms with van der Waals surface area (Å²) < 4.78 is 0. The van der Waals surface area contributed by atoms with E-state index < -0.39 is 11.7 Å². The van der Waals surface area contributed by atoms with Gasteiger partial charge >= 0.3 is 0 Å². The van der Waals surface area contributed by atoms with Crippen LogP contribution in [-0.4, -0.2) is 10.2 Å². The lowest BCUT2D eigenvalue weighted by Gasteiger charge is -2.37. The summed E-state index contributed by atoms with van der Waals surface area (Å²) in [5, 5.41) is 23.3. The normalized spacial score (nSPS) is 12.8. The second-order valence-corrected chi connectivity index (χ2v) is 7.22. The first-order valence-electron chi connectivity index (χ1n) is 8.95. The topological polar surface area (TPSA) is 40.5 Å². The molecule has 3 rings (SSSR count).